The van der Waals surface area contributed by atoms with Crippen molar-refractivity contribution < 1.29 is 41.3 Å². The summed E-state index contributed by atoms with van der Waals surface area (Å²) in [5.41, 5.74) is -0.532. The third-order valence-electron chi connectivity index (χ3n) is 4.44. The second kappa shape index (κ2) is 9.15. The Hall–Kier alpha value is -3.14. The molecular formula is C22H17F5O4S. The van der Waals surface area contributed by atoms with Gasteiger partial charge in [0.15, 0.2) is 17.4 Å². The molecule has 10 heteroatoms. The van der Waals surface area contributed by atoms with Gasteiger partial charge < -0.3 is 4.74 Å². The summed E-state index contributed by atoms with van der Waals surface area (Å²) in [6.07, 6.45) is -4.98. The van der Waals surface area contributed by atoms with Gasteiger partial charge in [-0.2, -0.15) is 13.2 Å². The molecule has 0 unspecified atom stereocenters. The summed E-state index contributed by atoms with van der Waals surface area (Å²) in [5, 5.41) is 0. The maximum Gasteiger partial charge on any atom is 0.419 e. The van der Waals surface area contributed by atoms with Gasteiger partial charge in [-0.1, -0.05) is 0 Å². The SMILES string of the molecule is CC(=O)OOc1ccc(OCc2sc(-c3ccc(C(F)(F)F)c(F)c3F)cc2C)cc1C. The Morgan fingerprint density at radius 2 is 1.72 bits per heavy atom. The second-order valence-electron chi connectivity index (χ2n) is 6.88. The van der Waals surface area contributed by atoms with Gasteiger partial charge >= 0.3 is 12.1 Å². The van der Waals surface area contributed by atoms with E-state index in [0.717, 1.165) is 23.0 Å². The van der Waals surface area contributed by atoms with E-state index in [4.69, 9.17) is 9.62 Å². The summed E-state index contributed by atoms with van der Waals surface area (Å²) in [5.74, 6) is -3.25. The van der Waals surface area contributed by atoms with E-state index in [2.05, 4.69) is 4.89 Å². The molecule has 4 nitrogen and oxygen atoms in total. The first-order chi connectivity index (χ1) is 15.0. The lowest BCUT2D eigenvalue weighted by molar-refractivity contribution is -0.211. The Morgan fingerprint density at radius 1 is 1.00 bits per heavy atom. The van der Waals surface area contributed by atoms with Crippen LogP contribution in [0.25, 0.3) is 10.4 Å². The zero-order valence-corrected chi connectivity index (χ0v) is 17.9. The first kappa shape index (κ1) is 23.5. The van der Waals surface area contributed by atoms with Crippen LogP contribution in [0.2, 0.25) is 0 Å². The van der Waals surface area contributed by atoms with E-state index in [1.54, 1.807) is 38.1 Å². The molecule has 1 heterocycles. The van der Waals surface area contributed by atoms with Crippen molar-refractivity contribution in [2.24, 2.45) is 0 Å². The van der Waals surface area contributed by atoms with Crippen molar-refractivity contribution in [3.63, 3.8) is 0 Å². The first-order valence-corrected chi connectivity index (χ1v) is 10.0. The highest BCUT2D eigenvalue weighted by atomic mass is 32.1. The Kier molecular flexibility index (Phi) is 6.73. The van der Waals surface area contributed by atoms with Gasteiger partial charge in [-0.05, 0) is 55.8 Å². The number of thiophene rings is 1. The average Bonchev–Trinajstić information content (AvgIpc) is 3.06. The van der Waals surface area contributed by atoms with E-state index in [1.807, 2.05) is 0 Å². The van der Waals surface area contributed by atoms with Crippen LogP contribution < -0.4 is 9.62 Å². The number of halogens is 5. The number of hydrogen-bond acceptors (Lipinski definition) is 5. The zero-order valence-electron chi connectivity index (χ0n) is 17.1. The van der Waals surface area contributed by atoms with Crippen molar-refractivity contribution in [2.75, 3.05) is 0 Å². The van der Waals surface area contributed by atoms with Crippen LogP contribution in [-0.2, 0) is 22.5 Å². The van der Waals surface area contributed by atoms with Gasteiger partial charge in [-0.25, -0.2) is 13.6 Å². The molecular weight excluding hydrogens is 455 g/mol. The molecule has 3 aromatic rings. The molecule has 0 aliphatic carbocycles. The normalized spacial score (nSPS) is 11.4. The van der Waals surface area contributed by atoms with Gasteiger partial charge in [0, 0.05) is 27.8 Å². The number of carbonyl (C=O) groups excluding carboxylic acids is 1. The standard InChI is InChI=1S/C22H17F5O4S/c1-11-8-14(4-7-17(11)31-30-13(3)28)29-10-19-12(2)9-18(32-19)15-5-6-16(22(25,26)27)21(24)20(15)23/h4-9H,10H2,1-3H3. The van der Waals surface area contributed by atoms with Crippen molar-refractivity contribution in [3.05, 3.63) is 69.6 Å². The molecule has 170 valence electrons. The van der Waals surface area contributed by atoms with Crippen LogP contribution in [-0.4, -0.2) is 5.97 Å². The molecule has 0 aliphatic rings. The topological polar surface area (TPSA) is 44.8 Å². The van der Waals surface area contributed by atoms with Gasteiger partial charge in [0.2, 0.25) is 0 Å². The summed E-state index contributed by atoms with van der Waals surface area (Å²) in [6, 6.07) is 7.83. The molecule has 0 radical (unpaired) electrons. The number of aryl methyl sites for hydroxylation is 2. The highest BCUT2D eigenvalue weighted by Gasteiger charge is 2.36. The predicted octanol–water partition coefficient (Wildman–Crippen LogP) is 6.76. The Labute approximate surface area is 184 Å². The fourth-order valence-corrected chi connectivity index (χ4v) is 3.92. The highest BCUT2D eigenvalue weighted by molar-refractivity contribution is 7.15. The minimum Gasteiger partial charge on any atom is -0.488 e. The van der Waals surface area contributed by atoms with Crippen LogP contribution in [0.4, 0.5) is 22.0 Å². The van der Waals surface area contributed by atoms with Gasteiger partial charge in [-0.15, -0.1) is 11.3 Å². The smallest absolute Gasteiger partial charge is 0.419 e. The van der Waals surface area contributed by atoms with Crippen molar-refractivity contribution >= 4 is 17.3 Å². The second-order valence-corrected chi connectivity index (χ2v) is 8.01. The lowest BCUT2D eigenvalue weighted by Crippen LogP contribution is -2.09. The van der Waals surface area contributed by atoms with Crippen molar-refractivity contribution in [1.82, 2.24) is 0 Å². The van der Waals surface area contributed by atoms with Crippen LogP contribution in [0, 0.1) is 25.5 Å². The molecule has 32 heavy (non-hydrogen) atoms. The number of ether oxygens (including phenoxy) is 1. The molecule has 2 aromatic carbocycles. The van der Waals surface area contributed by atoms with Gasteiger partial charge in [0.05, 0.1) is 5.56 Å². The third-order valence-corrected chi connectivity index (χ3v) is 5.68. The van der Waals surface area contributed by atoms with E-state index in [0.29, 0.717) is 28.0 Å². The number of rotatable bonds is 6. The summed E-state index contributed by atoms with van der Waals surface area (Å²) in [7, 11) is 0. The van der Waals surface area contributed by atoms with E-state index in [-0.39, 0.29) is 17.0 Å². The quantitative estimate of drug-likeness (QED) is 0.226. The molecule has 0 spiro atoms. The van der Waals surface area contributed by atoms with Crippen LogP contribution in [0.1, 0.15) is 28.5 Å². The number of carbonyl (C=O) groups is 1. The maximum absolute atomic E-state index is 14.3. The van der Waals surface area contributed by atoms with Crippen LogP contribution in [0.15, 0.2) is 36.4 Å². The predicted molar refractivity (Wildman–Crippen MR) is 107 cm³/mol. The van der Waals surface area contributed by atoms with Gasteiger partial charge in [-0.3, -0.25) is 9.78 Å². The Balaban J connectivity index is 1.76. The Bertz CT molecular complexity index is 1150. The van der Waals surface area contributed by atoms with Crippen molar-refractivity contribution in [3.8, 4) is 21.9 Å². The fourth-order valence-electron chi connectivity index (χ4n) is 2.81. The van der Waals surface area contributed by atoms with Gasteiger partial charge in [0.25, 0.3) is 0 Å². The van der Waals surface area contributed by atoms with E-state index in [9.17, 15) is 26.7 Å². The summed E-state index contributed by atoms with van der Waals surface area (Å²) in [6.45, 7) is 4.76. The van der Waals surface area contributed by atoms with Crippen LogP contribution >= 0.6 is 11.3 Å². The fraction of sp³-hybridized carbons (Fsp3) is 0.227. The summed E-state index contributed by atoms with van der Waals surface area (Å²) < 4.78 is 72.3. The molecule has 0 fully saturated rings. The number of benzene rings is 2. The number of hydrogen-bond donors (Lipinski definition) is 0. The summed E-state index contributed by atoms with van der Waals surface area (Å²) in [4.78, 5) is 21.2. The van der Waals surface area contributed by atoms with Crippen LogP contribution in [0.3, 0.4) is 0 Å². The monoisotopic (exact) mass is 472 g/mol. The Morgan fingerprint density at radius 3 is 2.34 bits per heavy atom. The molecule has 0 bridgehead atoms. The number of alkyl halides is 3. The molecule has 0 amide bonds. The lowest BCUT2D eigenvalue weighted by Gasteiger charge is -2.10. The minimum atomic E-state index is -4.98. The van der Waals surface area contributed by atoms with Crippen molar-refractivity contribution in [2.45, 2.75) is 33.6 Å². The third kappa shape index (κ3) is 5.18. The molecule has 0 N–H and O–H groups in total. The van der Waals surface area contributed by atoms with Crippen molar-refractivity contribution in [1.29, 1.82) is 0 Å². The molecule has 1 aromatic heterocycles. The average molecular weight is 472 g/mol. The minimum absolute atomic E-state index is 0.102. The molecule has 0 aliphatic heterocycles. The lowest BCUT2D eigenvalue weighted by atomic mass is 10.1. The largest absolute Gasteiger partial charge is 0.488 e. The summed E-state index contributed by atoms with van der Waals surface area (Å²) >= 11 is 1.09. The van der Waals surface area contributed by atoms with E-state index >= 15 is 0 Å². The maximum atomic E-state index is 14.3. The van der Waals surface area contributed by atoms with Gasteiger partial charge in [0.1, 0.15) is 12.4 Å². The molecule has 0 atom stereocenters. The molecule has 0 saturated heterocycles. The highest BCUT2D eigenvalue weighted by Crippen LogP contribution is 2.38. The first-order valence-electron chi connectivity index (χ1n) is 9.20. The zero-order chi connectivity index (χ0) is 23.6. The molecule has 0 saturated carbocycles. The van der Waals surface area contributed by atoms with E-state index < -0.39 is 29.3 Å². The van der Waals surface area contributed by atoms with Crippen LogP contribution in [0.5, 0.6) is 11.5 Å². The van der Waals surface area contributed by atoms with E-state index in [1.165, 1.54) is 6.92 Å². The molecule has 3 rings (SSSR count).